The number of hydrogen-bond donors (Lipinski definition) is 0. The molecule has 0 aromatic carbocycles. The summed E-state index contributed by atoms with van der Waals surface area (Å²) in [6.45, 7) is 6.13. The van der Waals surface area contributed by atoms with Crippen LogP contribution in [-0.4, -0.2) is 37.2 Å². The normalized spacial score (nSPS) is 13.3. The van der Waals surface area contributed by atoms with E-state index in [9.17, 15) is 14.4 Å². The summed E-state index contributed by atoms with van der Waals surface area (Å²) in [6, 6.07) is 0. The third-order valence-corrected chi connectivity index (χ3v) is 8.98. The molecule has 334 valence electrons. The molecule has 0 N–H and O–H groups in total. The Morgan fingerprint density at radius 2 is 0.700 bits per heavy atom. The minimum Gasteiger partial charge on any atom is -0.462 e. The minimum absolute atomic E-state index is 0.126. The molecule has 0 aliphatic heterocycles. The van der Waals surface area contributed by atoms with Crippen molar-refractivity contribution in [2.75, 3.05) is 13.2 Å². The van der Waals surface area contributed by atoms with Crippen LogP contribution < -0.4 is 0 Å². The van der Waals surface area contributed by atoms with Crippen molar-refractivity contribution >= 4 is 17.9 Å². The Kier molecular flexibility index (Phi) is 43.7. The molecule has 6 nitrogen and oxygen atoms in total. The zero-order valence-corrected chi connectivity index (χ0v) is 37.9. The van der Waals surface area contributed by atoms with Gasteiger partial charge in [0.1, 0.15) is 13.2 Å². The van der Waals surface area contributed by atoms with Crippen LogP contribution in [-0.2, 0) is 28.6 Å². The van der Waals surface area contributed by atoms with Gasteiger partial charge in [0.05, 0.1) is 0 Å². The summed E-state index contributed by atoms with van der Waals surface area (Å²) in [5.41, 5.74) is 0. The predicted octanol–water partition coefficient (Wildman–Crippen LogP) is 15.1. The van der Waals surface area contributed by atoms with Crippen LogP contribution in [0.3, 0.4) is 0 Å². The highest BCUT2D eigenvalue weighted by molar-refractivity contribution is 5.71. The van der Waals surface area contributed by atoms with Crippen molar-refractivity contribution in [3.05, 3.63) is 134 Å². The Morgan fingerprint density at radius 3 is 1.22 bits per heavy atom. The van der Waals surface area contributed by atoms with Crippen LogP contribution in [0.15, 0.2) is 134 Å². The van der Waals surface area contributed by atoms with E-state index in [4.69, 9.17) is 14.2 Å². The van der Waals surface area contributed by atoms with Gasteiger partial charge in [0.15, 0.2) is 6.10 Å². The first-order chi connectivity index (χ1) is 29.5. The Hall–Kier alpha value is -4.45. The molecule has 0 aliphatic carbocycles. The van der Waals surface area contributed by atoms with Gasteiger partial charge >= 0.3 is 17.9 Å². The van der Waals surface area contributed by atoms with E-state index in [1.54, 1.807) is 0 Å². The molecule has 0 aromatic rings. The third kappa shape index (κ3) is 44.6. The molecule has 0 fully saturated rings. The van der Waals surface area contributed by atoms with Gasteiger partial charge in [0.25, 0.3) is 0 Å². The summed E-state index contributed by atoms with van der Waals surface area (Å²) in [5.74, 6) is -1.05. The van der Waals surface area contributed by atoms with Crippen molar-refractivity contribution in [1.82, 2.24) is 0 Å². The van der Waals surface area contributed by atoms with E-state index >= 15 is 0 Å². The van der Waals surface area contributed by atoms with Crippen molar-refractivity contribution in [1.29, 1.82) is 0 Å². The van der Waals surface area contributed by atoms with Crippen LogP contribution in [0, 0.1) is 0 Å². The fraction of sp³-hybridized carbons (Fsp3) is 0.537. The fourth-order valence-electron chi connectivity index (χ4n) is 5.58. The van der Waals surface area contributed by atoms with Crippen LogP contribution >= 0.6 is 0 Å². The summed E-state index contributed by atoms with van der Waals surface area (Å²) in [5, 5.41) is 0. The summed E-state index contributed by atoms with van der Waals surface area (Å²) in [7, 11) is 0. The van der Waals surface area contributed by atoms with Crippen LogP contribution in [0.1, 0.15) is 168 Å². The van der Waals surface area contributed by atoms with Gasteiger partial charge in [-0.15, -0.1) is 0 Å². The first kappa shape index (κ1) is 55.5. The number of unbranched alkanes of at least 4 members (excludes halogenated alkanes) is 9. The van der Waals surface area contributed by atoms with E-state index in [1.165, 1.54) is 0 Å². The number of rotatable bonds is 39. The van der Waals surface area contributed by atoms with Gasteiger partial charge in [-0.2, -0.15) is 0 Å². The highest BCUT2D eigenvalue weighted by Crippen LogP contribution is 2.11. The fourth-order valence-corrected chi connectivity index (χ4v) is 5.58. The molecule has 0 saturated heterocycles. The van der Waals surface area contributed by atoms with E-state index < -0.39 is 6.10 Å². The maximum atomic E-state index is 12.7. The molecule has 0 aliphatic rings. The highest BCUT2D eigenvalue weighted by atomic mass is 16.6. The zero-order valence-electron chi connectivity index (χ0n) is 37.9. The molecule has 60 heavy (non-hydrogen) atoms. The van der Waals surface area contributed by atoms with Gasteiger partial charge < -0.3 is 14.2 Å². The topological polar surface area (TPSA) is 78.9 Å². The molecule has 0 saturated carbocycles. The van der Waals surface area contributed by atoms with E-state index in [0.717, 1.165) is 122 Å². The van der Waals surface area contributed by atoms with Gasteiger partial charge in [0.2, 0.25) is 0 Å². The van der Waals surface area contributed by atoms with Gasteiger partial charge in [0, 0.05) is 19.3 Å². The van der Waals surface area contributed by atoms with E-state index in [1.807, 2.05) is 24.3 Å². The molecular formula is C54H82O6. The number of hydrogen-bond acceptors (Lipinski definition) is 6. The average Bonchev–Trinajstić information content (AvgIpc) is 3.24. The zero-order chi connectivity index (χ0) is 43.7. The number of carbonyl (C=O) groups is 3. The van der Waals surface area contributed by atoms with Crippen LogP contribution in [0.2, 0.25) is 0 Å². The molecule has 1 unspecified atom stereocenters. The first-order valence-corrected chi connectivity index (χ1v) is 23.2. The molecule has 0 bridgehead atoms. The largest absolute Gasteiger partial charge is 0.462 e. The van der Waals surface area contributed by atoms with E-state index in [2.05, 4.69) is 130 Å². The van der Waals surface area contributed by atoms with Crippen molar-refractivity contribution < 1.29 is 28.6 Å². The van der Waals surface area contributed by atoms with Crippen LogP contribution in [0.5, 0.6) is 0 Å². The standard InChI is InChI=1S/C54H82O6/c1-4-7-10-13-16-19-22-24-26-28-29-32-35-38-41-44-47-53(56)59-50-51(49-58-52(55)46-43-40-37-34-31-21-18-15-12-9-6-3)60-54(57)48-45-42-39-36-33-30-27-25-23-20-17-14-11-8-5-2/h7-12,14,16-21,23-27,29,32,34,37,51H,4-6,13,15,22,28,30-31,33,35-36,38-50H2,1-3H3/b10-7-,11-8-,12-9-,17-14-,19-16-,21-18-,23-20-,26-24-,27-25-,32-29-,37-34-. The Bertz CT molecular complexity index is 1370. The van der Waals surface area contributed by atoms with E-state index in [-0.39, 0.29) is 44.0 Å². The first-order valence-electron chi connectivity index (χ1n) is 23.2. The molecule has 0 radical (unpaired) electrons. The Morgan fingerprint density at radius 1 is 0.350 bits per heavy atom. The lowest BCUT2D eigenvalue weighted by molar-refractivity contribution is -0.167. The maximum Gasteiger partial charge on any atom is 0.306 e. The third-order valence-electron chi connectivity index (χ3n) is 8.98. The molecule has 6 heteroatoms. The Labute approximate surface area is 366 Å². The molecular weight excluding hydrogens is 745 g/mol. The molecule has 0 rings (SSSR count). The predicted molar refractivity (Wildman–Crippen MR) is 256 cm³/mol. The maximum absolute atomic E-state index is 12.7. The van der Waals surface area contributed by atoms with Crippen molar-refractivity contribution in [3.63, 3.8) is 0 Å². The smallest absolute Gasteiger partial charge is 0.306 e. The number of esters is 3. The lowest BCUT2D eigenvalue weighted by Crippen LogP contribution is -2.30. The number of carbonyl (C=O) groups excluding carboxylic acids is 3. The van der Waals surface area contributed by atoms with Gasteiger partial charge in [-0.25, -0.2) is 0 Å². The molecule has 0 spiro atoms. The summed E-state index contributed by atoms with van der Waals surface area (Å²) in [6.07, 6.45) is 65.8. The molecule has 0 heterocycles. The molecule has 0 amide bonds. The Balaban J connectivity index is 4.57. The average molecular weight is 827 g/mol. The summed E-state index contributed by atoms with van der Waals surface area (Å²) < 4.78 is 16.6. The van der Waals surface area contributed by atoms with Crippen LogP contribution in [0.4, 0.5) is 0 Å². The second-order valence-electron chi connectivity index (χ2n) is 14.6. The number of ether oxygens (including phenoxy) is 3. The lowest BCUT2D eigenvalue weighted by Gasteiger charge is -2.18. The van der Waals surface area contributed by atoms with Gasteiger partial charge in [-0.05, 0) is 103 Å². The summed E-state index contributed by atoms with van der Waals surface area (Å²) >= 11 is 0. The van der Waals surface area contributed by atoms with Crippen molar-refractivity contribution in [2.24, 2.45) is 0 Å². The van der Waals surface area contributed by atoms with Gasteiger partial charge in [-0.1, -0.05) is 180 Å². The highest BCUT2D eigenvalue weighted by Gasteiger charge is 2.19. The van der Waals surface area contributed by atoms with Crippen LogP contribution in [0.25, 0.3) is 0 Å². The quantitative estimate of drug-likeness (QED) is 0.0202. The van der Waals surface area contributed by atoms with Crippen molar-refractivity contribution in [2.45, 2.75) is 175 Å². The van der Waals surface area contributed by atoms with Gasteiger partial charge in [-0.3, -0.25) is 14.4 Å². The second kappa shape index (κ2) is 47.2. The van der Waals surface area contributed by atoms with Crippen molar-refractivity contribution in [3.8, 4) is 0 Å². The lowest BCUT2D eigenvalue weighted by atomic mass is 10.1. The monoisotopic (exact) mass is 827 g/mol. The van der Waals surface area contributed by atoms with E-state index in [0.29, 0.717) is 12.8 Å². The molecule has 1 atom stereocenters. The summed E-state index contributed by atoms with van der Waals surface area (Å²) in [4.78, 5) is 37.8. The minimum atomic E-state index is -0.827. The second-order valence-corrected chi connectivity index (χ2v) is 14.6. The molecule has 0 aromatic heterocycles. The SMILES string of the molecule is CC\C=C/C=C\C=C/C=C\CCCCCCCC(=O)OC(COC(=O)CCC/C=C\C/C=C\C/C=C\CC)COC(=O)CCCCC/C=C\C/C=C\C/C=C\C/C=C\CC. The number of allylic oxidation sites excluding steroid dienone is 22.